The van der Waals surface area contributed by atoms with E-state index >= 15 is 0 Å². The number of hydrogen-bond donors (Lipinski definition) is 0. The van der Waals surface area contributed by atoms with Gasteiger partial charge in [0.05, 0.1) is 5.92 Å². The van der Waals surface area contributed by atoms with Crippen LogP contribution in [0.3, 0.4) is 0 Å². The summed E-state index contributed by atoms with van der Waals surface area (Å²) in [6.45, 7) is 5.70. The lowest BCUT2D eigenvalue weighted by Gasteiger charge is -2.13. The maximum atomic E-state index is 10.8. The van der Waals surface area contributed by atoms with Crippen molar-refractivity contribution in [1.29, 1.82) is 0 Å². The molecule has 1 saturated carbocycles. The minimum Gasteiger partial charge on any atom is -0.299 e. The molecule has 0 atom stereocenters. The van der Waals surface area contributed by atoms with Crippen LogP contribution in [0.4, 0.5) is 0 Å². The van der Waals surface area contributed by atoms with E-state index in [0.717, 1.165) is 6.42 Å². The first-order chi connectivity index (χ1) is 5.22. The minimum atomic E-state index is -0.307. The van der Waals surface area contributed by atoms with Crippen LogP contribution in [-0.2, 0) is 9.59 Å². The molecule has 0 aliphatic heterocycles. The first-order valence-corrected chi connectivity index (χ1v) is 4.27. The van der Waals surface area contributed by atoms with Gasteiger partial charge in [-0.3, -0.25) is 9.59 Å². The van der Waals surface area contributed by atoms with Crippen LogP contribution in [0.15, 0.2) is 0 Å². The lowest BCUT2D eigenvalue weighted by Crippen LogP contribution is -2.25. The van der Waals surface area contributed by atoms with Crippen molar-refractivity contribution in [3.05, 3.63) is 0 Å². The Morgan fingerprint density at radius 1 is 1.09 bits per heavy atom. The molecule has 0 spiro atoms. The number of carbonyl (C=O) groups excluding carboxylic acids is 2. The summed E-state index contributed by atoms with van der Waals surface area (Å²) in [5.41, 5.74) is 0. The number of Topliss-reactive ketones (excluding diaryl/α,β-unsaturated/α-hetero) is 2. The van der Waals surface area contributed by atoms with Crippen molar-refractivity contribution < 1.29 is 9.59 Å². The molecule has 11 heavy (non-hydrogen) atoms. The van der Waals surface area contributed by atoms with Crippen LogP contribution < -0.4 is 0 Å². The zero-order valence-electron chi connectivity index (χ0n) is 7.52. The number of ketones is 2. The highest BCUT2D eigenvalue weighted by Crippen LogP contribution is 2.15. The molecule has 0 heterocycles. The number of rotatable bonds is 0. The van der Waals surface area contributed by atoms with Gasteiger partial charge in [0.15, 0.2) is 0 Å². The Hall–Kier alpha value is -0.660. The van der Waals surface area contributed by atoms with Crippen LogP contribution >= 0.6 is 0 Å². The van der Waals surface area contributed by atoms with Crippen LogP contribution in [0.5, 0.6) is 0 Å². The molecule has 0 aromatic rings. The molecule has 0 amide bonds. The molecule has 2 nitrogen and oxygen atoms in total. The van der Waals surface area contributed by atoms with E-state index in [1.54, 1.807) is 6.92 Å². The molecule has 0 saturated heterocycles. The number of hydrogen-bond acceptors (Lipinski definition) is 2. The predicted molar refractivity (Wildman–Crippen MR) is 44.4 cm³/mol. The largest absolute Gasteiger partial charge is 0.299 e. The molecule has 64 valence electrons. The van der Waals surface area contributed by atoms with E-state index in [9.17, 15) is 9.59 Å². The van der Waals surface area contributed by atoms with Gasteiger partial charge in [0.25, 0.3) is 0 Å². The van der Waals surface area contributed by atoms with Gasteiger partial charge >= 0.3 is 0 Å². The van der Waals surface area contributed by atoms with E-state index in [1.165, 1.54) is 0 Å². The normalized spacial score (nSPS) is 19.2. The summed E-state index contributed by atoms with van der Waals surface area (Å²) in [6.07, 6.45) is 1.97. The van der Waals surface area contributed by atoms with Gasteiger partial charge < -0.3 is 0 Å². The highest BCUT2D eigenvalue weighted by Gasteiger charge is 2.24. The average Bonchev–Trinajstić information content (AvgIpc) is 2.04. The molecule has 1 aliphatic rings. The van der Waals surface area contributed by atoms with Crippen LogP contribution in [0.25, 0.3) is 0 Å². The summed E-state index contributed by atoms with van der Waals surface area (Å²) in [5, 5.41) is 0. The molecule has 0 unspecified atom stereocenters. The van der Waals surface area contributed by atoms with Gasteiger partial charge in [-0.2, -0.15) is 0 Å². The van der Waals surface area contributed by atoms with Gasteiger partial charge in [-0.15, -0.1) is 0 Å². The predicted octanol–water partition coefficient (Wildman–Crippen LogP) is 1.97. The molecule has 2 heteroatoms. The van der Waals surface area contributed by atoms with E-state index in [1.807, 2.05) is 13.8 Å². The standard InChI is InChI=1S/C7H10O2.C2H6/c1-5-6(8)3-2-4-7(5)9;1-2/h5H,2-4H2,1H3;1-2H3. The van der Waals surface area contributed by atoms with Crippen molar-refractivity contribution in [2.24, 2.45) is 5.92 Å². The quantitative estimate of drug-likeness (QED) is 0.502. The Balaban J connectivity index is 0.000000461. The van der Waals surface area contributed by atoms with Gasteiger partial charge in [0, 0.05) is 12.8 Å². The van der Waals surface area contributed by atoms with Crippen molar-refractivity contribution in [2.45, 2.75) is 40.0 Å². The molecule has 1 aliphatic carbocycles. The highest BCUT2D eigenvalue weighted by atomic mass is 16.2. The third-order valence-corrected chi connectivity index (χ3v) is 1.81. The molecule has 1 rings (SSSR count). The number of carbonyl (C=O) groups is 2. The second-order valence-electron chi connectivity index (χ2n) is 2.51. The molecule has 0 aromatic heterocycles. The Kier molecular flexibility index (Phi) is 4.75. The van der Waals surface area contributed by atoms with Crippen molar-refractivity contribution in [2.75, 3.05) is 0 Å². The Bertz CT molecular complexity index is 134. The van der Waals surface area contributed by atoms with Crippen LogP contribution in [0, 0.1) is 5.92 Å². The van der Waals surface area contributed by atoms with Gasteiger partial charge in [0.1, 0.15) is 11.6 Å². The molecule has 0 bridgehead atoms. The van der Waals surface area contributed by atoms with E-state index < -0.39 is 0 Å². The molecule has 0 aromatic carbocycles. The first kappa shape index (κ1) is 10.3. The minimum absolute atomic E-state index is 0.117. The summed E-state index contributed by atoms with van der Waals surface area (Å²) < 4.78 is 0. The van der Waals surface area contributed by atoms with E-state index in [0.29, 0.717) is 12.8 Å². The lowest BCUT2D eigenvalue weighted by atomic mass is 9.88. The summed E-state index contributed by atoms with van der Waals surface area (Å²) >= 11 is 0. The molecular formula is C9H16O2. The Labute approximate surface area is 68.0 Å². The average molecular weight is 156 g/mol. The van der Waals surface area contributed by atoms with E-state index in [-0.39, 0.29) is 17.5 Å². The third-order valence-electron chi connectivity index (χ3n) is 1.81. The van der Waals surface area contributed by atoms with E-state index in [2.05, 4.69) is 0 Å². The summed E-state index contributed by atoms with van der Waals surface area (Å²) in [6, 6.07) is 0. The Morgan fingerprint density at radius 3 is 1.73 bits per heavy atom. The summed E-state index contributed by atoms with van der Waals surface area (Å²) in [5.74, 6) is -0.0729. The maximum Gasteiger partial charge on any atom is 0.143 e. The zero-order valence-corrected chi connectivity index (χ0v) is 7.52. The van der Waals surface area contributed by atoms with Crippen molar-refractivity contribution in [3.8, 4) is 0 Å². The molecule has 1 fully saturated rings. The fourth-order valence-electron chi connectivity index (χ4n) is 1.05. The highest BCUT2D eigenvalue weighted by molar-refractivity contribution is 6.03. The van der Waals surface area contributed by atoms with Gasteiger partial charge in [-0.1, -0.05) is 13.8 Å². The van der Waals surface area contributed by atoms with E-state index in [4.69, 9.17) is 0 Å². The fraction of sp³-hybridized carbons (Fsp3) is 0.778. The zero-order chi connectivity index (χ0) is 8.85. The van der Waals surface area contributed by atoms with Gasteiger partial charge in [-0.25, -0.2) is 0 Å². The second-order valence-corrected chi connectivity index (χ2v) is 2.51. The fourth-order valence-corrected chi connectivity index (χ4v) is 1.05. The molecule has 0 radical (unpaired) electrons. The monoisotopic (exact) mass is 156 g/mol. The molecular weight excluding hydrogens is 140 g/mol. The lowest BCUT2D eigenvalue weighted by molar-refractivity contribution is -0.134. The van der Waals surface area contributed by atoms with Crippen LogP contribution in [0.2, 0.25) is 0 Å². The van der Waals surface area contributed by atoms with Gasteiger partial charge in [0.2, 0.25) is 0 Å². The second kappa shape index (κ2) is 5.05. The summed E-state index contributed by atoms with van der Waals surface area (Å²) in [4.78, 5) is 21.6. The smallest absolute Gasteiger partial charge is 0.143 e. The SMILES string of the molecule is CC.CC1C(=O)CCCC1=O. The maximum absolute atomic E-state index is 10.8. The molecule has 0 N–H and O–H groups in total. The summed E-state index contributed by atoms with van der Waals surface area (Å²) in [7, 11) is 0. The van der Waals surface area contributed by atoms with Crippen molar-refractivity contribution in [3.63, 3.8) is 0 Å². The van der Waals surface area contributed by atoms with Crippen LogP contribution in [-0.4, -0.2) is 11.6 Å². The van der Waals surface area contributed by atoms with Crippen LogP contribution in [0.1, 0.15) is 40.0 Å². The van der Waals surface area contributed by atoms with Crippen molar-refractivity contribution in [1.82, 2.24) is 0 Å². The third kappa shape index (κ3) is 2.83. The van der Waals surface area contributed by atoms with Gasteiger partial charge in [-0.05, 0) is 13.3 Å². The first-order valence-electron chi connectivity index (χ1n) is 4.27. The van der Waals surface area contributed by atoms with Crippen molar-refractivity contribution >= 4 is 11.6 Å². The topological polar surface area (TPSA) is 34.1 Å². The Morgan fingerprint density at radius 2 is 1.45 bits per heavy atom.